The fourth-order valence-corrected chi connectivity index (χ4v) is 3.64. The van der Waals surface area contributed by atoms with Gasteiger partial charge >= 0.3 is 0 Å². The summed E-state index contributed by atoms with van der Waals surface area (Å²) in [5.74, 6) is 0.411. The van der Waals surface area contributed by atoms with E-state index in [1.165, 1.54) is 12.8 Å². The van der Waals surface area contributed by atoms with Gasteiger partial charge in [0.2, 0.25) is 5.82 Å². The highest BCUT2D eigenvalue weighted by molar-refractivity contribution is 6.08. The van der Waals surface area contributed by atoms with Crippen LogP contribution in [0, 0.1) is 6.92 Å². The third-order valence-corrected chi connectivity index (χ3v) is 5.03. The highest BCUT2D eigenvalue weighted by Crippen LogP contribution is 2.19. The molecule has 3 aromatic rings. The van der Waals surface area contributed by atoms with Crippen LogP contribution in [0.1, 0.15) is 65.4 Å². The molecule has 0 spiro atoms. The Kier molecular flexibility index (Phi) is 5.10. The molecule has 3 aromatic heterocycles. The summed E-state index contributed by atoms with van der Waals surface area (Å²) in [7, 11) is 0. The van der Waals surface area contributed by atoms with Gasteiger partial charge in [-0.25, -0.2) is 4.98 Å². The Morgan fingerprint density at radius 2 is 1.93 bits per heavy atom. The molecule has 0 radical (unpaired) electrons. The van der Waals surface area contributed by atoms with E-state index in [4.69, 9.17) is 4.52 Å². The molecular weight excluding hydrogens is 358 g/mol. The van der Waals surface area contributed by atoms with Crippen LogP contribution < -0.4 is 10.6 Å². The molecule has 4 rings (SSSR count). The molecule has 0 saturated heterocycles. The van der Waals surface area contributed by atoms with Crippen LogP contribution in [0.3, 0.4) is 0 Å². The van der Waals surface area contributed by atoms with Crippen LogP contribution in [0.5, 0.6) is 0 Å². The second-order valence-electron chi connectivity index (χ2n) is 7.18. The quantitative estimate of drug-likeness (QED) is 0.675. The minimum Gasteiger partial charge on any atom is -0.360 e. The number of anilines is 1. The molecule has 0 bridgehead atoms. The smallest absolute Gasteiger partial charge is 0.287 e. The molecule has 28 heavy (non-hydrogen) atoms. The van der Waals surface area contributed by atoms with E-state index in [0.29, 0.717) is 17.1 Å². The average molecular weight is 381 g/mol. The number of fused-ring (bicyclic) bond motifs is 1. The Hall–Kier alpha value is -3.16. The van der Waals surface area contributed by atoms with E-state index < -0.39 is 5.91 Å². The summed E-state index contributed by atoms with van der Waals surface area (Å²) < 4.78 is 6.62. The van der Waals surface area contributed by atoms with Gasteiger partial charge in [0.25, 0.3) is 11.8 Å². The second-order valence-corrected chi connectivity index (χ2v) is 7.18. The third-order valence-electron chi connectivity index (χ3n) is 5.03. The minimum absolute atomic E-state index is 0.154. The summed E-state index contributed by atoms with van der Waals surface area (Å²) in [6.45, 7) is 1.74. The summed E-state index contributed by atoms with van der Waals surface area (Å²) in [5.41, 5.74) is 0.735. The summed E-state index contributed by atoms with van der Waals surface area (Å²) in [5, 5.41) is 9.52. The molecule has 8 nitrogen and oxygen atoms in total. The van der Waals surface area contributed by atoms with Crippen LogP contribution in [-0.2, 0) is 0 Å². The van der Waals surface area contributed by atoms with Crippen molar-refractivity contribution in [2.75, 3.05) is 5.32 Å². The number of amides is 2. The lowest BCUT2D eigenvalue weighted by Crippen LogP contribution is -2.35. The molecule has 1 fully saturated rings. The minimum atomic E-state index is -0.439. The van der Waals surface area contributed by atoms with Crippen LogP contribution in [0.2, 0.25) is 0 Å². The van der Waals surface area contributed by atoms with Crippen LogP contribution in [0.25, 0.3) is 5.52 Å². The Morgan fingerprint density at radius 3 is 2.64 bits per heavy atom. The standard InChI is InChI=1S/C20H23N5O3/c1-13-12-16(24-28-13)22-19(26)17-15-10-6-7-11-25(15)18(23-17)20(27)21-14-8-4-2-3-5-9-14/h6-7,10-12,14H,2-5,8-9H2,1H3,(H,21,27)(H,22,24,26). The number of pyridine rings is 1. The Morgan fingerprint density at radius 1 is 1.14 bits per heavy atom. The molecule has 2 N–H and O–H groups in total. The Bertz CT molecular complexity index is 998. The Balaban J connectivity index is 1.60. The number of hydrogen-bond acceptors (Lipinski definition) is 5. The van der Waals surface area contributed by atoms with Gasteiger partial charge in [0.15, 0.2) is 11.5 Å². The van der Waals surface area contributed by atoms with Crippen LogP contribution in [0.15, 0.2) is 35.0 Å². The summed E-state index contributed by atoms with van der Waals surface area (Å²) >= 11 is 0. The number of rotatable bonds is 4. The largest absolute Gasteiger partial charge is 0.360 e. The maximum atomic E-state index is 12.9. The van der Waals surface area contributed by atoms with Gasteiger partial charge in [0, 0.05) is 18.3 Å². The molecule has 1 saturated carbocycles. The van der Waals surface area contributed by atoms with Crippen molar-refractivity contribution in [2.45, 2.75) is 51.5 Å². The lowest BCUT2D eigenvalue weighted by atomic mass is 10.1. The monoisotopic (exact) mass is 381 g/mol. The lowest BCUT2D eigenvalue weighted by molar-refractivity contribution is 0.0922. The van der Waals surface area contributed by atoms with Gasteiger partial charge in [-0.15, -0.1) is 0 Å². The second kappa shape index (κ2) is 7.84. The molecular formula is C20H23N5O3. The topological polar surface area (TPSA) is 102 Å². The summed E-state index contributed by atoms with van der Waals surface area (Å²) in [6.07, 6.45) is 8.37. The molecule has 0 aromatic carbocycles. The number of imidazole rings is 1. The average Bonchev–Trinajstić information content (AvgIpc) is 3.17. The van der Waals surface area contributed by atoms with Gasteiger partial charge in [-0.2, -0.15) is 0 Å². The first kappa shape index (κ1) is 18.2. The van der Waals surface area contributed by atoms with Gasteiger partial charge in [0.05, 0.1) is 5.52 Å². The molecule has 0 atom stereocenters. The predicted octanol–water partition coefficient (Wildman–Crippen LogP) is 3.34. The number of nitrogens with zero attached hydrogens (tertiary/aromatic N) is 3. The van der Waals surface area contributed by atoms with Gasteiger partial charge in [0.1, 0.15) is 5.76 Å². The van der Waals surface area contributed by atoms with Crippen molar-refractivity contribution in [1.29, 1.82) is 0 Å². The SMILES string of the molecule is Cc1cc(NC(=O)c2nc(C(=O)NC3CCCCCC3)n3ccccc23)no1. The van der Waals surface area contributed by atoms with E-state index >= 15 is 0 Å². The first-order chi connectivity index (χ1) is 13.6. The highest BCUT2D eigenvalue weighted by Gasteiger charge is 2.24. The molecule has 3 heterocycles. The summed E-state index contributed by atoms with van der Waals surface area (Å²) in [4.78, 5) is 30.0. The van der Waals surface area contributed by atoms with Crippen LogP contribution in [0.4, 0.5) is 5.82 Å². The third kappa shape index (κ3) is 3.76. The molecule has 1 aliphatic carbocycles. The maximum Gasteiger partial charge on any atom is 0.287 e. The predicted molar refractivity (Wildman–Crippen MR) is 103 cm³/mol. The fraction of sp³-hybridized carbons (Fsp3) is 0.400. The van der Waals surface area contributed by atoms with E-state index in [-0.39, 0.29) is 23.5 Å². The van der Waals surface area contributed by atoms with Crippen LogP contribution in [-0.4, -0.2) is 32.4 Å². The zero-order valence-corrected chi connectivity index (χ0v) is 15.8. The fourth-order valence-electron chi connectivity index (χ4n) is 3.64. The van der Waals surface area contributed by atoms with Crippen molar-refractivity contribution in [3.63, 3.8) is 0 Å². The van der Waals surface area contributed by atoms with Crippen molar-refractivity contribution < 1.29 is 14.1 Å². The molecule has 1 aliphatic rings. The van der Waals surface area contributed by atoms with Crippen molar-refractivity contribution in [2.24, 2.45) is 0 Å². The number of aryl methyl sites for hydroxylation is 1. The van der Waals surface area contributed by atoms with Crippen LogP contribution >= 0.6 is 0 Å². The molecule has 0 aliphatic heterocycles. The zero-order valence-electron chi connectivity index (χ0n) is 15.8. The highest BCUT2D eigenvalue weighted by atomic mass is 16.5. The molecule has 2 amide bonds. The van der Waals surface area contributed by atoms with E-state index in [1.807, 2.05) is 0 Å². The van der Waals surface area contributed by atoms with E-state index in [2.05, 4.69) is 20.8 Å². The first-order valence-corrected chi connectivity index (χ1v) is 9.64. The van der Waals surface area contributed by atoms with Crippen molar-refractivity contribution in [3.05, 3.63) is 47.7 Å². The summed E-state index contributed by atoms with van der Waals surface area (Å²) in [6, 6.07) is 7.15. The van der Waals surface area contributed by atoms with E-state index in [9.17, 15) is 9.59 Å². The number of hydrogen-bond donors (Lipinski definition) is 2. The van der Waals surface area contributed by atoms with Gasteiger partial charge < -0.3 is 15.2 Å². The molecule has 0 unspecified atom stereocenters. The number of aromatic nitrogens is 3. The zero-order chi connectivity index (χ0) is 19.5. The van der Waals surface area contributed by atoms with Gasteiger partial charge in [-0.05, 0) is 31.9 Å². The first-order valence-electron chi connectivity index (χ1n) is 9.64. The van der Waals surface area contributed by atoms with E-state index in [1.54, 1.807) is 41.8 Å². The molecule has 146 valence electrons. The number of carbonyl (C=O) groups is 2. The van der Waals surface area contributed by atoms with E-state index in [0.717, 1.165) is 25.7 Å². The van der Waals surface area contributed by atoms with Gasteiger partial charge in [-0.3, -0.25) is 14.0 Å². The lowest BCUT2D eigenvalue weighted by Gasteiger charge is -2.15. The van der Waals surface area contributed by atoms with Crippen molar-refractivity contribution in [3.8, 4) is 0 Å². The normalized spacial score (nSPS) is 15.3. The van der Waals surface area contributed by atoms with Gasteiger partial charge in [-0.1, -0.05) is 36.9 Å². The number of carbonyl (C=O) groups excluding carboxylic acids is 2. The maximum absolute atomic E-state index is 12.9. The number of nitrogens with one attached hydrogen (secondary N) is 2. The Labute approximate surface area is 162 Å². The van der Waals surface area contributed by atoms with Crippen molar-refractivity contribution >= 4 is 23.1 Å². The van der Waals surface area contributed by atoms with Crippen molar-refractivity contribution in [1.82, 2.24) is 19.9 Å². The molecule has 8 heteroatoms.